The fraction of sp³-hybridized carbons (Fsp3) is 0.571. The number of nitrogens with one attached hydrogen (secondary N) is 2. The van der Waals surface area contributed by atoms with Gasteiger partial charge in [0.15, 0.2) is 0 Å². The van der Waals surface area contributed by atoms with Crippen LogP contribution in [0.1, 0.15) is 37.1 Å². The fourth-order valence-corrected chi connectivity index (χ4v) is 3.22. The van der Waals surface area contributed by atoms with Crippen molar-refractivity contribution in [3.8, 4) is 6.07 Å². The van der Waals surface area contributed by atoms with Crippen LogP contribution in [0.25, 0.3) is 0 Å². The highest BCUT2D eigenvalue weighted by Gasteiger charge is 2.27. The van der Waals surface area contributed by atoms with Gasteiger partial charge < -0.3 is 10.6 Å². The second kappa shape index (κ2) is 6.69. The third-order valence-electron chi connectivity index (χ3n) is 3.55. The summed E-state index contributed by atoms with van der Waals surface area (Å²) in [7, 11) is 0. The van der Waals surface area contributed by atoms with Crippen LogP contribution in [0.15, 0.2) is 17.5 Å². The maximum atomic E-state index is 11.8. The predicted molar refractivity (Wildman–Crippen MR) is 75.6 cm³/mol. The van der Waals surface area contributed by atoms with E-state index in [-0.39, 0.29) is 23.9 Å². The standard InChI is InChI=1S/C14H19N3OS/c1-10(13-6-3-7-19-13)17-14(18)9-16-12-5-2-4-11(12)8-15/h3,6-7,10-12,16H,2,4-5,9H2,1H3,(H,17,18)/t10-,11+,12+/m0/s1. The van der Waals surface area contributed by atoms with Crippen LogP contribution >= 0.6 is 11.3 Å². The number of carbonyl (C=O) groups is 1. The lowest BCUT2D eigenvalue weighted by Gasteiger charge is -2.17. The highest BCUT2D eigenvalue weighted by Crippen LogP contribution is 2.24. The third kappa shape index (κ3) is 3.79. The molecule has 1 aliphatic rings. The van der Waals surface area contributed by atoms with Gasteiger partial charge >= 0.3 is 0 Å². The predicted octanol–water partition coefficient (Wildman–Crippen LogP) is 2.21. The van der Waals surface area contributed by atoms with Crippen LogP contribution in [0.5, 0.6) is 0 Å². The van der Waals surface area contributed by atoms with Gasteiger partial charge in [0.2, 0.25) is 5.91 Å². The molecule has 0 aromatic carbocycles. The summed E-state index contributed by atoms with van der Waals surface area (Å²) in [5.41, 5.74) is 0. The van der Waals surface area contributed by atoms with Gasteiger partial charge in [-0.3, -0.25) is 4.79 Å². The van der Waals surface area contributed by atoms with E-state index in [4.69, 9.17) is 5.26 Å². The zero-order valence-electron chi connectivity index (χ0n) is 11.1. The third-order valence-corrected chi connectivity index (χ3v) is 4.61. The number of nitriles is 1. The summed E-state index contributed by atoms with van der Waals surface area (Å²) in [6, 6.07) is 6.53. The van der Waals surface area contributed by atoms with Crippen LogP contribution in [-0.4, -0.2) is 18.5 Å². The van der Waals surface area contributed by atoms with Gasteiger partial charge in [0.1, 0.15) is 0 Å². The smallest absolute Gasteiger partial charge is 0.234 e. The summed E-state index contributed by atoms with van der Waals surface area (Å²) in [6.45, 7) is 2.27. The van der Waals surface area contributed by atoms with Crippen LogP contribution in [-0.2, 0) is 4.79 Å². The van der Waals surface area contributed by atoms with E-state index in [0.717, 1.165) is 24.1 Å². The molecule has 0 saturated heterocycles. The molecule has 1 saturated carbocycles. The van der Waals surface area contributed by atoms with Gasteiger partial charge in [0.25, 0.3) is 0 Å². The van der Waals surface area contributed by atoms with Gasteiger partial charge in [0.05, 0.1) is 24.6 Å². The molecule has 102 valence electrons. The summed E-state index contributed by atoms with van der Waals surface area (Å²) in [4.78, 5) is 13.0. The number of rotatable bonds is 5. The highest BCUT2D eigenvalue weighted by atomic mass is 32.1. The Hall–Kier alpha value is -1.38. The van der Waals surface area contributed by atoms with E-state index < -0.39 is 0 Å². The summed E-state index contributed by atoms with van der Waals surface area (Å²) in [5, 5.41) is 17.2. The average Bonchev–Trinajstić information content (AvgIpc) is 3.07. The molecule has 1 amide bonds. The molecule has 1 aliphatic carbocycles. The molecule has 1 aromatic heterocycles. The Labute approximate surface area is 117 Å². The molecule has 0 unspecified atom stereocenters. The zero-order chi connectivity index (χ0) is 13.7. The van der Waals surface area contributed by atoms with E-state index >= 15 is 0 Å². The molecular formula is C14H19N3OS. The molecular weight excluding hydrogens is 258 g/mol. The number of carbonyl (C=O) groups excluding carboxylic acids is 1. The maximum Gasteiger partial charge on any atom is 0.234 e. The van der Waals surface area contributed by atoms with Crippen molar-refractivity contribution in [1.82, 2.24) is 10.6 Å². The average molecular weight is 277 g/mol. The molecule has 0 spiro atoms. The number of thiophene rings is 1. The largest absolute Gasteiger partial charge is 0.348 e. The molecule has 4 nitrogen and oxygen atoms in total. The van der Waals surface area contributed by atoms with E-state index in [0.29, 0.717) is 6.54 Å². The lowest BCUT2D eigenvalue weighted by molar-refractivity contribution is -0.121. The van der Waals surface area contributed by atoms with E-state index in [1.807, 2.05) is 24.4 Å². The number of amides is 1. The van der Waals surface area contributed by atoms with Crippen LogP contribution in [0.3, 0.4) is 0 Å². The Bertz CT molecular complexity index is 452. The normalized spacial score (nSPS) is 23.8. The molecule has 1 fully saturated rings. The highest BCUT2D eigenvalue weighted by molar-refractivity contribution is 7.10. The summed E-state index contributed by atoms with van der Waals surface area (Å²) in [6.07, 6.45) is 3.01. The molecule has 0 radical (unpaired) electrons. The molecule has 2 rings (SSSR count). The first-order valence-electron chi connectivity index (χ1n) is 6.66. The van der Waals surface area contributed by atoms with Gasteiger partial charge in [-0.15, -0.1) is 11.3 Å². The van der Waals surface area contributed by atoms with Gasteiger partial charge in [-0.05, 0) is 31.2 Å². The first kappa shape index (κ1) is 14.0. The van der Waals surface area contributed by atoms with Crippen LogP contribution in [0.4, 0.5) is 0 Å². The van der Waals surface area contributed by atoms with Crippen LogP contribution in [0, 0.1) is 17.2 Å². The first-order chi connectivity index (χ1) is 9.20. The van der Waals surface area contributed by atoms with Gasteiger partial charge in [-0.1, -0.05) is 12.5 Å². The second-order valence-electron chi connectivity index (χ2n) is 4.96. The van der Waals surface area contributed by atoms with Gasteiger partial charge in [-0.2, -0.15) is 5.26 Å². The molecule has 1 aromatic rings. The SMILES string of the molecule is C[C@H](NC(=O)CN[C@@H]1CCC[C@@H]1C#N)c1cccs1. The topological polar surface area (TPSA) is 64.9 Å². The Morgan fingerprint density at radius 2 is 2.47 bits per heavy atom. The van der Waals surface area contributed by atoms with Crippen LogP contribution in [0.2, 0.25) is 0 Å². The minimum atomic E-state index is -0.00973. The van der Waals surface area contributed by atoms with Crippen LogP contribution < -0.4 is 10.6 Å². The zero-order valence-corrected chi connectivity index (χ0v) is 11.9. The molecule has 0 bridgehead atoms. The number of hydrogen-bond donors (Lipinski definition) is 2. The Kier molecular flexibility index (Phi) is 4.94. The van der Waals surface area contributed by atoms with Crippen molar-refractivity contribution < 1.29 is 4.79 Å². The second-order valence-corrected chi connectivity index (χ2v) is 5.94. The lowest BCUT2D eigenvalue weighted by atomic mass is 10.1. The van der Waals surface area contributed by atoms with Crippen molar-refractivity contribution in [1.29, 1.82) is 5.26 Å². The maximum absolute atomic E-state index is 11.8. The monoisotopic (exact) mass is 277 g/mol. The molecule has 0 aliphatic heterocycles. The Morgan fingerprint density at radius 3 is 3.16 bits per heavy atom. The van der Waals surface area contributed by atoms with Crippen molar-refractivity contribution in [2.75, 3.05) is 6.54 Å². The number of nitrogens with zero attached hydrogens (tertiary/aromatic N) is 1. The van der Waals surface area contributed by atoms with E-state index in [2.05, 4.69) is 16.7 Å². The molecule has 19 heavy (non-hydrogen) atoms. The Balaban J connectivity index is 1.74. The summed E-state index contributed by atoms with van der Waals surface area (Å²) >= 11 is 1.64. The summed E-state index contributed by atoms with van der Waals surface area (Å²) in [5.74, 6) is 0.0482. The van der Waals surface area contributed by atoms with Gasteiger partial charge in [-0.25, -0.2) is 0 Å². The van der Waals surface area contributed by atoms with E-state index in [1.54, 1.807) is 11.3 Å². The quantitative estimate of drug-likeness (QED) is 0.867. The number of hydrogen-bond acceptors (Lipinski definition) is 4. The fourth-order valence-electron chi connectivity index (χ4n) is 2.48. The molecule has 1 heterocycles. The Morgan fingerprint density at radius 1 is 1.63 bits per heavy atom. The van der Waals surface area contributed by atoms with Crippen molar-refractivity contribution >= 4 is 17.2 Å². The molecule has 3 atom stereocenters. The minimum absolute atomic E-state index is 0.00973. The molecule has 5 heteroatoms. The van der Waals surface area contributed by atoms with Crippen molar-refractivity contribution in [2.45, 2.75) is 38.3 Å². The summed E-state index contributed by atoms with van der Waals surface area (Å²) < 4.78 is 0. The van der Waals surface area contributed by atoms with Gasteiger partial charge in [0, 0.05) is 10.9 Å². The van der Waals surface area contributed by atoms with Crippen molar-refractivity contribution in [3.63, 3.8) is 0 Å². The van der Waals surface area contributed by atoms with Crippen molar-refractivity contribution in [2.24, 2.45) is 5.92 Å². The minimum Gasteiger partial charge on any atom is -0.348 e. The van der Waals surface area contributed by atoms with E-state index in [9.17, 15) is 4.79 Å². The molecule has 2 N–H and O–H groups in total. The van der Waals surface area contributed by atoms with Crippen molar-refractivity contribution in [3.05, 3.63) is 22.4 Å². The van der Waals surface area contributed by atoms with E-state index in [1.165, 1.54) is 0 Å². The lowest BCUT2D eigenvalue weighted by Crippen LogP contribution is -2.41. The first-order valence-corrected chi connectivity index (χ1v) is 7.54.